The van der Waals surface area contributed by atoms with E-state index in [4.69, 9.17) is 0 Å². The minimum Gasteiger partial charge on any atom is -0.465 e. The minimum atomic E-state index is -3.44. The highest BCUT2D eigenvalue weighted by Gasteiger charge is 2.41. The Hall–Kier alpha value is -0.270. The van der Waals surface area contributed by atoms with Gasteiger partial charge in [0, 0.05) is 12.8 Å². The molecule has 0 heterocycles. The van der Waals surface area contributed by atoms with Gasteiger partial charge < -0.3 is 4.74 Å². The van der Waals surface area contributed by atoms with Gasteiger partial charge in [-0.3, -0.25) is 9.59 Å². The van der Waals surface area contributed by atoms with Crippen LogP contribution in [0.1, 0.15) is 39.5 Å². The van der Waals surface area contributed by atoms with Crippen molar-refractivity contribution >= 4 is 34.3 Å². The molecule has 100 valence electrons. The molecule has 0 fully saturated rings. The van der Waals surface area contributed by atoms with Crippen molar-refractivity contribution in [3.05, 3.63) is 0 Å². The Kier molecular flexibility index (Phi) is 7.82. The van der Waals surface area contributed by atoms with Crippen LogP contribution in [0.15, 0.2) is 0 Å². The largest absolute Gasteiger partial charge is 0.465 e. The van der Waals surface area contributed by atoms with Crippen molar-refractivity contribution in [1.29, 1.82) is 0 Å². The van der Waals surface area contributed by atoms with Crippen LogP contribution in [0.4, 0.5) is 8.78 Å². The number of ether oxygens (including phenoxy) is 1. The molecule has 0 spiro atoms. The van der Waals surface area contributed by atoms with Crippen molar-refractivity contribution in [2.75, 3.05) is 6.61 Å². The second kappa shape index (κ2) is 7.94. The van der Waals surface area contributed by atoms with E-state index >= 15 is 0 Å². The lowest BCUT2D eigenvalue weighted by atomic mass is 10.0. The zero-order chi connectivity index (χ0) is 13.5. The Morgan fingerprint density at radius 1 is 1.35 bits per heavy atom. The molecule has 0 bridgehead atoms. The lowest BCUT2D eigenvalue weighted by molar-refractivity contribution is -0.149. The van der Waals surface area contributed by atoms with Gasteiger partial charge in [-0.1, -0.05) is 35.9 Å². The van der Waals surface area contributed by atoms with E-state index in [0.717, 1.165) is 0 Å². The lowest BCUT2D eigenvalue weighted by Gasteiger charge is -2.17. The summed E-state index contributed by atoms with van der Waals surface area (Å²) < 4.78 is 30.5. The Balaban J connectivity index is 4.32. The van der Waals surface area contributed by atoms with E-state index in [9.17, 15) is 18.4 Å². The summed E-state index contributed by atoms with van der Waals surface area (Å²) in [5.74, 6) is -5.23. The molecular formula is C11H17F2IO3. The van der Waals surface area contributed by atoms with E-state index in [2.05, 4.69) is 4.74 Å². The first-order valence-electron chi connectivity index (χ1n) is 5.57. The van der Waals surface area contributed by atoms with E-state index in [1.54, 1.807) is 29.5 Å². The fourth-order valence-electron chi connectivity index (χ4n) is 1.18. The fraction of sp³-hybridized carbons (Fsp3) is 0.818. The third-order valence-electron chi connectivity index (χ3n) is 2.14. The molecule has 3 nitrogen and oxygen atoms in total. The Morgan fingerprint density at radius 2 is 1.94 bits per heavy atom. The minimum absolute atomic E-state index is 0.143. The van der Waals surface area contributed by atoms with Crippen LogP contribution in [-0.4, -0.2) is 28.2 Å². The average Bonchev–Trinajstić information content (AvgIpc) is 2.25. The summed E-state index contributed by atoms with van der Waals surface area (Å²) in [6, 6.07) is 0. The maximum absolute atomic E-state index is 13.4. The molecule has 0 aromatic carbocycles. The van der Waals surface area contributed by atoms with Gasteiger partial charge in [0.05, 0.1) is 6.61 Å². The summed E-state index contributed by atoms with van der Waals surface area (Å²) in [4.78, 5) is 22.4. The van der Waals surface area contributed by atoms with Gasteiger partial charge in [-0.05, 0) is 13.3 Å². The van der Waals surface area contributed by atoms with Gasteiger partial charge in [-0.15, -0.1) is 0 Å². The van der Waals surface area contributed by atoms with Crippen molar-refractivity contribution in [3.63, 3.8) is 0 Å². The van der Waals surface area contributed by atoms with Crippen LogP contribution in [0.3, 0.4) is 0 Å². The molecule has 0 aliphatic carbocycles. The third kappa shape index (κ3) is 6.28. The molecule has 17 heavy (non-hydrogen) atoms. The first-order chi connectivity index (χ1) is 7.85. The van der Waals surface area contributed by atoms with Crippen LogP contribution in [0.2, 0.25) is 0 Å². The normalized spacial score (nSPS) is 13.2. The summed E-state index contributed by atoms with van der Waals surface area (Å²) in [6.45, 7) is 3.57. The first kappa shape index (κ1) is 16.7. The quantitative estimate of drug-likeness (QED) is 0.379. The monoisotopic (exact) mass is 362 g/mol. The van der Waals surface area contributed by atoms with Crippen LogP contribution in [-0.2, 0) is 14.3 Å². The molecule has 0 amide bonds. The Labute approximate surface area is 113 Å². The van der Waals surface area contributed by atoms with E-state index in [-0.39, 0.29) is 13.0 Å². The van der Waals surface area contributed by atoms with Gasteiger partial charge in [0.1, 0.15) is 3.92 Å². The molecule has 0 aliphatic rings. The molecule has 0 saturated heterocycles. The molecule has 0 aliphatic heterocycles. The van der Waals surface area contributed by atoms with Crippen molar-refractivity contribution in [2.24, 2.45) is 0 Å². The molecule has 0 aromatic rings. The van der Waals surface area contributed by atoms with Crippen molar-refractivity contribution in [1.82, 2.24) is 0 Å². The van der Waals surface area contributed by atoms with Gasteiger partial charge in [-0.25, -0.2) is 0 Å². The smallest absolute Gasteiger partial charge is 0.319 e. The maximum atomic E-state index is 13.4. The highest BCUT2D eigenvalue weighted by atomic mass is 127. The molecule has 0 saturated carbocycles. The summed E-state index contributed by atoms with van der Waals surface area (Å²) in [5, 5.41) is 0. The van der Waals surface area contributed by atoms with E-state index in [1.165, 1.54) is 0 Å². The van der Waals surface area contributed by atoms with Crippen LogP contribution < -0.4 is 0 Å². The number of Topliss-reactive ketones (excluding diaryl/α,β-unsaturated/α-hetero) is 1. The Bertz CT molecular complexity index is 269. The lowest BCUT2D eigenvalue weighted by Crippen LogP contribution is -2.34. The summed E-state index contributed by atoms with van der Waals surface area (Å²) in [7, 11) is 0. The predicted molar refractivity (Wildman–Crippen MR) is 68.5 cm³/mol. The SMILES string of the molecule is CCCCC(=O)C(F)(F)CC(I)C(=O)OCC. The molecule has 0 N–H and O–H groups in total. The average molecular weight is 362 g/mol. The van der Waals surface area contributed by atoms with E-state index in [0.29, 0.717) is 12.8 Å². The number of ketones is 1. The van der Waals surface area contributed by atoms with Gasteiger partial charge in [0.15, 0.2) is 0 Å². The highest BCUT2D eigenvalue weighted by molar-refractivity contribution is 14.1. The Morgan fingerprint density at radius 3 is 2.41 bits per heavy atom. The first-order valence-corrected chi connectivity index (χ1v) is 6.81. The summed E-state index contributed by atoms with van der Waals surface area (Å²) >= 11 is 1.58. The number of halogens is 3. The standard InChI is InChI=1S/C11H17F2IO3/c1-3-5-6-9(15)11(12,13)7-8(14)10(16)17-4-2/h8H,3-7H2,1-2H3. The number of alkyl halides is 3. The molecule has 0 aromatic heterocycles. The number of hydrogen-bond donors (Lipinski definition) is 0. The second-order valence-electron chi connectivity index (χ2n) is 3.65. The zero-order valence-electron chi connectivity index (χ0n) is 9.97. The molecule has 0 radical (unpaired) electrons. The fourth-order valence-corrected chi connectivity index (χ4v) is 1.91. The molecule has 6 heteroatoms. The maximum Gasteiger partial charge on any atom is 0.319 e. The van der Waals surface area contributed by atoms with E-state index in [1.807, 2.05) is 6.92 Å². The van der Waals surface area contributed by atoms with Crippen LogP contribution >= 0.6 is 22.6 Å². The van der Waals surface area contributed by atoms with Crippen molar-refractivity contribution < 1.29 is 23.1 Å². The van der Waals surface area contributed by atoms with Crippen LogP contribution in [0.25, 0.3) is 0 Å². The van der Waals surface area contributed by atoms with Crippen molar-refractivity contribution in [3.8, 4) is 0 Å². The number of esters is 1. The van der Waals surface area contributed by atoms with Gasteiger partial charge in [0.2, 0.25) is 5.78 Å². The van der Waals surface area contributed by atoms with Crippen LogP contribution in [0, 0.1) is 0 Å². The van der Waals surface area contributed by atoms with E-state index < -0.39 is 28.0 Å². The van der Waals surface area contributed by atoms with Gasteiger partial charge >= 0.3 is 11.9 Å². The molecular weight excluding hydrogens is 345 g/mol. The number of carbonyl (C=O) groups excluding carboxylic acids is 2. The second-order valence-corrected chi connectivity index (χ2v) is 5.16. The zero-order valence-corrected chi connectivity index (χ0v) is 12.1. The molecule has 0 rings (SSSR count). The molecule has 1 atom stereocenters. The van der Waals surface area contributed by atoms with Crippen molar-refractivity contribution in [2.45, 2.75) is 49.4 Å². The summed E-state index contributed by atoms with van der Waals surface area (Å²) in [5.41, 5.74) is 0. The number of unbranched alkanes of at least 4 members (excludes halogenated alkanes) is 1. The van der Waals surface area contributed by atoms with Gasteiger partial charge in [-0.2, -0.15) is 8.78 Å². The number of hydrogen-bond acceptors (Lipinski definition) is 3. The number of carbonyl (C=O) groups is 2. The highest BCUT2D eigenvalue weighted by Crippen LogP contribution is 2.27. The molecule has 1 unspecified atom stereocenters. The number of rotatable bonds is 8. The summed E-state index contributed by atoms with van der Waals surface area (Å²) in [6.07, 6.45) is 0.206. The van der Waals surface area contributed by atoms with Crippen LogP contribution in [0.5, 0.6) is 0 Å². The topological polar surface area (TPSA) is 43.4 Å². The predicted octanol–water partition coefficient (Wildman–Crippen LogP) is 3.14. The third-order valence-corrected chi connectivity index (χ3v) is 3.09. The van der Waals surface area contributed by atoms with Gasteiger partial charge in [0.25, 0.3) is 0 Å².